The molecule has 0 saturated carbocycles. The van der Waals surface area contributed by atoms with Crippen LogP contribution in [0.2, 0.25) is 5.15 Å². The van der Waals surface area contributed by atoms with E-state index in [1.54, 1.807) is 6.33 Å². The topological polar surface area (TPSA) is 69.0 Å². The molecule has 0 radical (unpaired) electrons. The Morgan fingerprint density at radius 2 is 2.04 bits per heavy atom. The second-order valence-corrected chi connectivity index (χ2v) is 8.08. The highest BCUT2D eigenvalue weighted by atomic mass is 127. The van der Waals surface area contributed by atoms with E-state index in [2.05, 4.69) is 53.4 Å². The van der Waals surface area contributed by atoms with Crippen LogP contribution in [0, 0.1) is 3.57 Å². The molecule has 2 aromatic rings. The first-order valence-corrected chi connectivity index (χ1v) is 9.28. The average Bonchev–Trinajstić information content (AvgIpc) is 2.86. The molecule has 3 heterocycles. The van der Waals surface area contributed by atoms with Crippen molar-refractivity contribution >= 4 is 51.7 Å². The SMILES string of the molecule is CC(C)(C)OC=O.Clc1ncnc2c1c(I)cn2C1CCNCC1. The molecule has 0 bridgehead atoms. The van der Waals surface area contributed by atoms with Gasteiger partial charge in [-0.05, 0) is 69.3 Å². The third kappa shape index (κ3) is 5.03. The lowest BCUT2D eigenvalue weighted by Crippen LogP contribution is -2.29. The summed E-state index contributed by atoms with van der Waals surface area (Å²) in [7, 11) is 0. The van der Waals surface area contributed by atoms with Gasteiger partial charge in [-0.3, -0.25) is 4.79 Å². The average molecular weight is 465 g/mol. The number of nitrogens with zero attached hydrogens (tertiary/aromatic N) is 3. The molecule has 1 N–H and O–H groups in total. The maximum absolute atomic E-state index is 9.60. The van der Waals surface area contributed by atoms with Crippen LogP contribution in [0.4, 0.5) is 0 Å². The zero-order valence-corrected chi connectivity index (χ0v) is 17.0. The van der Waals surface area contributed by atoms with E-state index in [1.807, 2.05) is 20.8 Å². The number of nitrogens with one attached hydrogen (secondary N) is 1. The molecule has 0 unspecified atom stereocenters. The summed E-state index contributed by atoms with van der Waals surface area (Å²) < 4.78 is 7.93. The lowest BCUT2D eigenvalue weighted by Gasteiger charge is -2.24. The Morgan fingerprint density at radius 1 is 1.38 bits per heavy atom. The first-order chi connectivity index (χ1) is 11.3. The number of rotatable bonds is 2. The van der Waals surface area contributed by atoms with Gasteiger partial charge in [0.2, 0.25) is 0 Å². The van der Waals surface area contributed by atoms with Crippen molar-refractivity contribution in [2.24, 2.45) is 0 Å². The van der Waals surface area contributed by atoms with Gasteiger partial charge in [0.1, 0.15) is 22.7 Å². The second-order valence-electron chi connectivity index (χ2n) is 6.56. The van der Waals surface area contributed by atoms with E-state index in [1.165, 1.54) is 0 Å². The van der Waals surface area contributed by atoms with E-state index in [4.69, 9.17) is 11.6 Å². The molecule has 132 valence electrons. The van der Waals surface area contributed by atoms with E-state index < -0.39 is 0 Å². The van der Waals surface area contributed by atoms with Crippen molar-refractivity contribution in [3.63, 3.8) is 0 Å². The van der Waals surface area contributed by atoms with Gasteiger partial charge < -0.3 is 14.6 Å². The number of carbonyl (C=O) groups is 1. The zero-order chi connectivity index (χ0) is 17.7. The lowest BCUT2D eigenvalue weighted by molar-refractivity contribution is -0.138. The number of ether oxygens (including phenoxy) is 1. The molecule has 1 saturated heterocycles. The predicted octanol–water partition coefficient (Wildman–Crippen LogP) is 3.57. The molecular formula is C16H22ClIN4O2. The smallest absolute Gasteiger partial charge is 0.293 e. The quantitative estimate of drug-likeness (QED) is 0.418. The minimum Gasteiger partial charge on any atom is -0.462 e. The monoisotopic (exact) mass is 464 g/mol. The van der Waals surface area contributed by atoms with E-state index in [0.29, 0.717) is 17.7 Å². The van der Waals surface area contributed by atoms with Crippen LogP contribution in [0.25, 0.3) is 11.0 Å². The van der Waals surface area contributed by atoms with Crippen molar-refractivity contribution in [3.05, 3.63) is 21.2 Å². The Labute approximate surface area is 160 Å². The fourth-order valence-electron chi connectivity index (χ4n) is 2.51. The van der Waals surface area contributed by atoms with Crippen LogP contribution in [0.15, 0.2) is 12.5 Å². The van der Waals surface area contributed by atoms with Crippen LogP contribution in [0.1, 0.15) is 39.7 Å². The summed E-state index contributed by atoms with van der Waals surface area (Å²) in [5.74, 6) is 0. The van der Waals surface area contributed by atoms with Crippen molar-refractivity contribution in [2.45, 2.75) is 45.3 Å². The van der Waals surface area contributed by atoms with Gasteiger partial charge >= 0.3 is 0 Å². The maximum Gasteiger partial charge on any atom is 0.293 e. The third-order valence-electron chi connectivity index (χ3n) is 3.62. The number of carbonyl (C=O) groups excluding carboxylic acids is 1. The highest BCUT2D eigenvalue weighted by molar-refractivity contribution is 14.1. The van der Waals surface area contributed by atoms with Crippen molar-refractivity contribution in [1.82, 2.24) is 19.9 Å². The number of piperidine rings is 1. The molecule has 0 aliphatic carbocycles. The minimum absolute atomic E-state index is 0.318. The summed E-state index contributed by atoms with van der Waals surface area (Å²) in [6.45, 7) is 8.06. The Hall–Kier alpha value is -0.930. The molecule has 1 fully saturated rings. The highest BCUT2D eigenvalue weighted by Crippen LogP contribution is 2.31. The molecule has 6 nitrogen and oxygen atoms in total. The molecule has 0 amide bonds. The number of aromatic nitrogens is 3. The molecule has 2 aromatic heterocycles. The third-order valence-corrected chi connectivity index (χ3v) is 4.73. The molecule has 3 rings (SSSR count). The Bertz CT molecular complexity index is 693. The first kappa shape index (κ1) is 19.4. The summed E-state index contributed by atoms with van der Waals surface area (Å²) in [6.07, 6.45) is 5.96. The molecule has 24 heavy (non-hydrogen) atoms. The van der Waals surface area contributed by atoms with Crippen LogP contribution < -0.4 is 5.32 Å². The normalized spacial score (nSPS) is 15.7. The molecular weight excluding hydrogens is 443 g/mol. The van der Waals surface area contributed by atoms with E-state index >= 15 is 0 Å². The van der Waals surface area contributed by atoms with Gasteiger partial charge in [-0.25, -0.2) is 9.97 Å². The molecule has 8 heteroatoms. The van der Waals surface area contributed by atoms with Gasteiger partial charge in [0, 0.05) is 15.8 Å². The van der Waals surface area contributed by atoms with Crippen molar-refractivity contribution in [1.29, 1.82) is 0 Å². The number of hydrogen-bond donors (Lipinski definition) is 1. The van der Waals surface area contributed by atoms with Crippen molar-refractivity contribution < 1.29 is 9.53 Å². The Balaban J connectivity index is 0.000000256. The van der Waals surface area contributed by atoms with Gasteiger partial charge in [0.05, 0.1) is 5.39 Å². The summed E-state index contributed by atoms with van der Waals surface area (Å²) in [5, 5.41) is 4.90. The molecule has 0 aromatic carbocycles. The summed E-state index contributed by atoms with van der Waals surface area (Å²) >= 11 is 8.43. The maximum atomic E-state index is 9.60. The van der Waals surface area contributed by atoms with E-state index in [-0.39, 0.29) is 5.60 Å². The Morgan fingerprint density at radius 3 is 2.58 bits per heavy atom. The standard InChI is InChI=1S/C11H12ClIN4.C5H10O2/c12-10-9-8(13)5-17(11(9)16-6-15-10)7-1-3-14-4-2-7;1-5(2,3)7-4-6/h5-7,14H,1-4H2;4H,1-3H3. The van der Waals surface area contributed by atoms with Gasteiger partial charge in [-0.1, -0.05) is 11.6 Å². The van der Waals surface area contributed by atoms with Crippen LogP contribution >= 0.6 is 34.2 Å². The van der Waals surface area contributed by atoms with Gasteiger partial charge in [-0.15, -0.1) is 0 Å². The van der Waals surface area contributed by atoms with Crippen LogP contribution in [-0.2, 0) is 9.53 Å². The van der Waals surface area contributed by atoms with Crippen LogP contribution in [0.3, 0.4) is 0 Å². The van der Waals surface area contributed by atoms with Crippen molar-refractivity contribution in [2.75, 3.05) is 13.1 Å². The minimum atomic E-state index is -0.318. The predicted molar refractivity (Wildman–Crippen MR) is 103 cm³/mol. The van der Waals surface area contributed by atoms with E-state index in [0.717, 1.165) is 40.5 Å². The molecule has 1 aliphatic rings. The Kier molecular flexibility index (Phi) is 6.82. The fraction of sp³-hybridized carbons (Fsp3) is 0.562. The van der Waals surface area contributed by atoms with Crippen LogP contribution in [0.5, 0.6) is 0 Å². The fourth-order valence-corrected chi connectivity index (χ4v) is 3.70. The molecule has 0 spiro atoms. The first-order valence-electron chi connectivity index (χ1n) is 7.82. The second kappa shape index (κ2) is 8.44. The summed E-state index contributed by atoms with van der Waals surface area (Å²) in [6, 6.07) is 0.522. The van der Waals surface area contributed by atoms with Crippen LogP contribution in [-0.4, -0.2) is 39.7 Å². The molecule has 1 aliphatic heterocycles. The highest BCUT2D eigenvalue weighted by Gasteiger charge is 2.20. The number of halogens is 2. The van der Waals surface area contributed by atoms with E-state index in [9.17, 15) is 4.79 Å². The van der Waals surface area contributed by atoms with Crippen molar-refractivity contribution in [3.8, 4) is 0 Å². The van der Waals surface area contributed by atoms with Gasteiger partial charge in [0.25, 0.3) is 6.47 Å². The lowest BCUT2D eigenvalue weighted by atomic mass is 10.1. The molecule has 0 atom stereocenters. The summed E-state index contributed by atoms with van der Waals surface area (Å²) in [5.41, 5.74) is 0.642. The van der Waals surface area contributed by atoms with Gasteiger partial charge in [-0.2, -0.15) is 0 Å². The largest absolute Gasteiger partial charge is 0.462 e. The number of hydrogen-bond acceptors (Lipinski definition) is 5. The number of fused-ring (bicyclic) bond motifs is 1. The summed E-state index contributed by atoms with van der Waals surface area (Å²) in [4.78, 5) is 18.0. The van der Waals surface area contributed by atoms with Gasteiger partial charge in [0.15, 0.2) is 0 Å². The zero-order valence-electron chi connectivity index (χ0n) is 14.1.